The lowest BCUT2D eigenvalue weighted by atomic mass is 10.0. The molecule has 1 unspecified atom stereocenters. The van der Waals surface area contributed by atoms with Gasteiger partial charge in [0, 0.05) is 11.3 Å². The molecule has 3 heteroatoms. The summed E-state index contributed by atoms with van der Waals surface area (Å²) in [5.41, 5.74) is 11.4. The highest BCUT2D eigenvalue weighted by atomic mass is 14.9. The Bertz CT molecular complexity index is 574. The molecule has 1 atom stereocenters. The van der Waals surface area contributed by atoms with Crippen molar-refractivity contribution in [1.29, 1.82) is 0 Å². The highest BCUT2D eigenvalue weighted by Gasteiger charge is 2.08. The molecule has 0 fully saturated rings. The molecule has 18 heavy (non-hydrogen) atoms. The van der Waals surface area contributed by atoms with Crippen molar-refractivity contribution in [3.8, 4) is 11.3 Å². The standard InChI is InChI=1S/C15H19N3/c1-9-5-6-13(7-10(9)2)14-8-11(3)17-15(18-14)12(4)16/h5-8,12H,16H2,1-4H3. The van der Waals surface area contributed by atoms with Crippen molar-refractivity contribution in [2.75, 3.05) is 0 Å². The second kappa shape index (κ2) is 4.86. The molecule has 0 bridgehead atoms. The van der Waals surface area contributed by atoms with Crippen LogP contribution in [0.3, 0.4) is 0 Å². The van der Waals surface area contributed by atoms with E-state index in [1.54, 1.807) is 0 Å². The van der Waals surface area contributed by atoms with Gasteiger partial charge in [-0.1, -0.05) is 12.1 Å². The predicted molar refractivity (Wildman–Crippen MR) is 74.3 cm³/mol. The van der Waals surface area contributed by atoms with Crippen LogP contribution in [0.1, 0.15) is 35.6 Å². The first-order valence-electron chi connectivity index (χ1n) is 6.16. The Balaban J connectivity index is 2.53. The van der Waals surface area contributed by atoms with Gasteiger partial charge in [-0.15, -0.1) is 0 Å². The molecule has 1 aromatic heterocycles. The lowest BCUT2D eigenvalue weighted by Crippen LogP contribution is -2.11. The first kappa shape index (κ1) is 12.7. The normalized spacial score (nSPS) is 12.5. The van der Waals surface area contributed by atoms with Crippen molar-refractivity contribution in [2.45, 2.75) is 33.7 Å². The minimum Gasteiger partial charge on any atom is -0.322 e. The number of aromatic nitrogens is 2. The fraction of sp³-hybridized carbons (Fsp3) is 0.333. The van der Waals surface area contributed by atoms with Crippen LogP contribution in [0, 0.1) is 20.8 Å². The van der Waals surface area contributed by atoms with E-state index >= 15 is 0 Å². The van der Waals surface area contributed by atoms with E-state index in [0.29, 0.717) is 5.82 Å². The molecule has 0 spiro atoms. The Morgan fingerprint density at radius 3 is 2.33 bits per heavy atom. The zero-order chi connectivity index (χ0) is 13.3. The zero-order valence-corrected chi connectivity index (χ0v) is 11.4. The third kappa shape index (κ3) is 2.57. The van der Waals surface area contributed by atoms with E-state index in [1.807, 2.05) is 19.9 Å². The van der Waals surface area contributed by atoms with E-state index in [-0.39, 0.29) is 6.04 Å². The van der Waals surface area contributed by atoms with Gasteiger partial charge in [0.05, 0.1) is 11.7 Å². The SMILES string of the molecule is Cc1cc(-c2ccc(C)c(C)c2)nc(C(C)N)n1. The Hall–Kier alpha value is -1.74. The number of hydrogen-bond acceptors (Lipinski definition) is 3. The second-order valence-electron chi connectivity index (χ2n) is 4.84. The topological polar surface area (TPSA) is 51.8 Å². The highest BCUT2D eigenvalue weighted by molar-refractivity contribution is 5.61. The van der Waals surface area contributed by atoms with Crippen LogP contribution in [0.5, 0.6) is 0 Å². The summed E-state index contributed by atoms with van der Waals surface area (Å²) in [4.78, 5) is 8.90. The molecule has 2 N–H and O–H groups in total. The van der Waals surface area contributed by atoms with Crippen molar-refractivity contribution in [1.82, 2.24) is 9.97 Å². The molecule has 0 saturated carbocycles. The number of nitrogens with zero attached hydrogens (tertiary/aromatic N) is 2. The molecule has 94 valence electrons. The average Bonchev–Trinajstić information content (AvgIpc) is 2.31. The highest BCUT2D eigenvalue weighted by Crippen LogP contribution is 2.21. The van der Waals surface area contributed by atoms with Crippen LogP contribution in [-0.4, -0.2) is 9.97 Å². The maximum atomic E-state index is 5.86. The van der Waals surface area contributed by atoms with Crippen molar-refractivity contribution < 1.29 is 0 Å². The van der Waals surface area contributed by atoms with Crippen LogP contribution in [0.2, 0.25) is 0 Å². The lowest BCUT2D eigenvalue weighted by Gasteiger charge is -2.09. The van der Waals surface area contributed by atoms with Gasteiger partial charge < -0.3 is 5.73 Å². The van der Waals surface area contributed by atoms with Crippen LogP contribution in [0.4, 0.5) is 0 Å². The summed E-state index contributed by atoms with van der Waals surface area (Å²) in [6.45, 7) is 8.09. The minimum absolute atomic E-state index is 0.143. The molecule has 0 radical (unpaired) electrons. The van der Waals surface area contributed by atoms with Gasteiger partial charge in [0.1, 0.15) is 5.82 Å². The Morgan fingerprint density at radius 2 is 1.72 bits per heavy atom. The smallest absolute Gasteiger partial charge is 0.145 e. The summed E-state index contributed by atoms with van der Waals surface area (Å²) in [6, 6.07) is 8.22. The van der Waals surface area contributed by atoms with Crippen LogP contribution < -0.4 is 5.73 Å². The van der Waals surface area contributed by atoms with Crippen molar-refractivity contribution in [2.24, 2.45) is 5.73 Å². The molecule has 2 aromatic rings. The molecular weight excluding hydrogens is 222 g/mol. The first-order chi connectivity index (χ1) is 8.47. The molecule has 1 heterocycles. The molecule has 0 aliphatic rings. The number of benzene rings is 1. The van der Waals surface area contributed by atoms with Crippen molar-refractivity contribution in [3.05, 3.63) is 46.9 Å². The summed E-state index contributed by atoms with van der Waals surface area (Å²) in [7, 11) is 0. The molecule has 0 aliphatic carbocycles. The van der Waals surface area contributed by atoms with E-state index in [1.165, 1.54) is 11.1 Å². The Morgan fingerprint density at radius 1 is 1.00 bits per heavy atom. The second-order valence-corrected chi connectivity index (χ2v) is 4.84. The number of hydrogen-bond donors (Lipinski definition) is 1. The largest absolute Gasteiger partial charge is 0.322 e. The third-order valence-electron chi connectivity index (χ3n) is 3.08. The molecule has 0 amide bonds. The average molecular weight is 241 g/mol. The summed E-state index contributed by atoms with van der Waals surface area (Å²) in [5, 5.41) is 0. The van der Waals surface area contributed by atoms with Gasteiger partial charge in [-0.05, 0) is 51.0 Å². The summed E-state index contributed by atoms with van der Waals surface area (Å²) >= 11 is 0. The summed E-state index contributed by atoms with van der Waals surface area (Å²) < 4.78 is 0. The number of aryl methyl sites for hydroxylation is 3. The van der Waals surface area contributed by atoms with Gasteiger partial charge in [-0.2, -0.15) is 0 Å². The van der Waals surface area contributed by atoms with Gasteiger partial charge in [-0.25, -0.2) is 9.97 Å². The van der Waals surface area contributed by atoms with Gasteiger partial charge in [0.15, 0.2) is 0 Å². The monoisotopic (exact) mass is 241 g/mol. The Kier molecular flexibility index (Phi) is 3.43. The van der Waals surface area contributed by atoms with Crippen molar-refractivity contribution >= 4 is 0 Å². The van der Waals surface area contributed by atoms with E-state index in [0.717, 1.165) is 17.0 Å². The van der Waals surface area contributed by atoms with E-state index in [9.17, 15) is 0 Å². The quantitative estimate of drug-likeness (QED) is 0.879. The van der Waals surface area contributed by atoms with Gasteiger partial charge in [-0.3, -0.25) is 0 Å². The third-order valence-corrected chi connectivity index (χ3v) is 3.08. The van der Waals surface area contributed by atoms with Crippen LogP contribution in [-0.2, 0) is 0 Å². The fourth-order valence-corrected chi connectivity index (χ4v) is 1.84. The maximum absolute atomic E-state index is 5.86. The van der Waals surface area contributed by atoms with E-state index < -0.39 is 0 Å². The summed E-state index contributed by atoms with van der Waals surface area (Å²) in [5.74, 6) is 0.697. The van der Waals surface area contributed by atoms with Gasteiger partial charge in [0.25, 0.3) is 0 Å². The number of rotatable bonds is 2. The van der Waals surface area contributed by atoms with Crippen LogP contribution in [0.25, 0.3) is 11.3 Å². The van der Waals surface area contributed by atoms with Gasteiger partial charge >= 0.3 is 0 Å². The predicted octanol–water partition coefficient (Wildman–Crippen LogP) is 3.09. The molecule has 2 rings (SSSR count). The molecule has 0 saturated heterocycles. The zero-order valence-electron chi connectivity index (χ0n) is 11.4. The fourth-order valence-electron chi connectivity index (χ4n) is 1.84. The maximum Gasteiger partial charge on any atom is 0.145 e. The van der Waals surface area contributed by atoms with E-state index in [2.05, 4.69) is 42.0 Å². The van der Waals surface area contributed by atoms with Gasteiger partial charge in [0.2, 0.25) is 0 Å². The molecule has 3 nitrogen and oxygen atoms in total. The van der Waals surface area contributed by atoms with Crippen LogP contribution >= 0.6 is 0 Å². The molecule has 1 aromatic carbocycles. The number of nitrogens with two attached hydrogens (primary N) is 1. The minimum atomic E-state index is -0.143. The Labute approximate surface area is 108 Å². The van der Waals surface area contributed by atoms with Crippen molar-refractivity contribution in [3.63, 3.8) is 0 Å². The van der Waals surface area contributed by atoms with Crippen LogP contribution in [0.15, 0.2) is 24.3 Å². The summed E-state index contributed by atoms with van der Waals surface area (Å²) in [6.07, 6.45) is 0. The molecular formula is C15H19N3. The lowest BCUT2D eigenvalue weighted by molar-refractivity contribution is 0.735. The molecule has 0 aliphatic heterocycles. The first-order valence-corrected chi connectivity index (χ1v) is 6.16. The van der Waals surface area contributed by atoms with E-state index in [4.69, 9.17) is 5.73 Å².